The summed E-state index contributed by atoms with van der Waals surface area (Å²) >= 11 is 13.2. The van der Waals surface area contributed by atoms with Crippen molar-refractivity contribution in [3.8, 4) is 11.3 Å². The average molecular weight is 260 g/mol. The van der Waals surface area contributed by atoms with Crippen molar-refractivity contribution in [2.75, 3.05) is 0 Å². The van der Waals surface area contributed by atoms with Gasteiger partial charge in [0.15, 0.2) is 0 Å². The van der Waals surface area contributed by atoms with Gasteiger partial charge in [0.25, 0.3) is 0 Å². The molecular formula is C9H7Cl2N3S. The molecule has 0 unspecified atom stereocenters. The van der Waals surface area contributed by atoms with E-state index in [-0.39, 0.29) is 0 Å². The number of rotatable bonds is 2. The molecule has 1 heterocycles. The van der Waals surface area contributed by atoms with Gasteiger partial charge in [-0.2, -0.15) is 0 Å². The molecule has 0 spiro atoms. The van der Waals surface area contributed by atoms with E-state index < -0.39 is 0 Å². The van der Waals surface area contributed by atoms with Crippen molar-refractivity contribution < 1.29 is 0 Å². The van der Waals surface area contributed by atoms with Crippen LogP contribution in [0.25, 0.3) is 11.3 Å². The molecule has 2 rings (SSSR count). The lowest BCUT2D eigenvalue weighted by molar-refractivity contribution is 1.08. The smallest absolute Gasteiger partial charge is 0.111 e. The van der Waals surface area contributed by atoms with E-state index >= 15 is 0 Å². The summed E-state index contributed by atoms with van der Waals surface area (Å²) in [6, 6.07) is 5.23. The molecule has 0 aliphatic heterocycles. The van der Waals surface area contributed by atoms with E-state index in [1.807, 2.05) is 0 Å². The molecule has 0 atom stereocenters. The zero-order valence-electron chi connectivity index (χ0n) is 7.58. The monoisotopic (exact) mass is 259 g/mol. The molecule has 0 radical (unpaired) electrons. The van der Waals surface area contributed by atoms with Crippen LogP contribution in [-0.2, 0) is 6.54 Å². The van der Waals surface area contributed by atoms with Gasteiger partial charge in [0, 0.05) is 17.1 Å². The Labute approximate surface area is 101 Å². The summed E-state index contributed by atoms with van der Waals surface area (Å²) < 4.78 is 3.85. The lowest BCUT2D eigenvalue weighted by atomic mass is 10.1. The van der Waals surface area contributed by atoms with Crippen LogP contribution in [0.5, 0.6) is 0 Å². The largest absolute Gasteiger partial charge is 0.326 e. The first-order valence-electron chi connectivity index (χ1n) is 4.19. The predicted molar refractivity (Wildman–Crippen MR) is 63.3 cm³/mol. The van der Waals surface area contributed by atoms with Crippen molar-refractivity contribution in [3.63, 3.8) is 0 Å². The van der Waals surface area contributed by atoms with Crippen LogP contribution in [0, 0.1) is 0 Å². The van der Waals surface area contributed by atoms with Crippen molar-refractivity contribution in [2.24, 2.45) is 5.73 Å². The molecule has 0 bridgehead atoms. The number of benzene rings is 1. The summed E-state index contributed by atoms with van der Waals surface area (Å²) in [7, 11) is 0. The highest BCUT2D eigenvalue weighted by Crippen LogP contribution is 2.32. The van der Waals surface area contributed by atoms with Crippen LogP contribution in [0.3, 0.4) is 0 Å². The van der Waals surface area contributed by atoms with Gasteiger partial charge in [0.05, 0.1) is 9.90 Å². The Bertz CT molecular complexity index is 484. The summed E-state index contributed by atoms with van der Waals surface area (Å²) in [5.41, 5.74) is 7.07. The summed E-state index contributed by atoms with van der Waals surface area (Å²) in [4.78, 5) is 0.902. The van der Waals surface area contributed by atoms with E-state index in [2.05, 4.69) is 9.59 Å². The van der Waals surface area contributed by atoms with Crippen LogP contribution < -0.4 is 5.73 Å². The van der Waals surface area contributed by atoms with E-state index in [1.54, 1.807) is 18.2 Å². The van der Waals surface area contributed by atoms with Gasteiger partial charge in [-0.1, -0.05) is 27.7 Å². The number of hydrogen-bond donors (Lipinski definition) is 1. The Morgan fingerprint density at radius 1 is 1.33 bits per heavy atom. The molecule has 0 amide bonds. The van der Waals surface area contributed by atoms with Crippen molar-refractivity contribution in [1.82, 2.24) is 9.59 Å². The quantitative estimate of drug-likeness (QED) is 0.903. The van der Waals surface area contributed by atoms with Crippen LogP contribution in [0.1, 0.15) is 4.88 Å². The first kappa shape index (κ1) is 10.8. The highest BCUT2D eigenvalue weighted by molar-refractivity contribution is 7.06. The van der Waals surface area contributed by atoms with Crippen LogP contribution >= 0.6 is 34.7 Å². The third kappa shape index (κ3) is 2.13. The Morgan fingerprint density at radius 3 is 2.87 bits per heavy atom. The van der Waals surface area contributed by atoms with Crippen LogP contribution in [0.15, 0.2) is 18.2 Å². The average Bonchev–Trinajstić information content (AvgIpc) is 2.69. The molecule has 2 N–H and O–H groups in total. The van der Waals surface area contributed by atoms with Crippen LogP contribution in [-0.4, -0.2) is 9.59 Å². The van der Waals surface area contributed by atoms with Gasteiger partial charge in [-0.3, -0.25) is 0 Å². The van der Waals surface area contributed by atoms with Gasteiger partial charge in [0.1, 0.15) is 5.69 Å². The predicted octanol–water partition coefficient (Wildman–Crippen LogP) is 2.97. The van der Waals surface area contributed by atoms with E-state index in [0.29, 0.717) is 16.6 Å². The van der Waals surface area contributed by atoms with Gasteiger partial charge in [-0.05, 0) is 29.7 Å². The SMILES string of the molecule is NCc1snnc1-c1cc(Cl)ccc1Cl. The van der Waals surface area contributed by atoms with Gasteiger partial charge in [-0.25, -0.2) is 0 Å². The summed E-state index contributed by atoms with van der Waals surface area (Å²) in [5, 5.41) is 5.22. The molecule has 1 aromatic heterocycles. The fraction of sp³-hybridized carbons (Fsp3) is 0.111. The van der Waals surface area contributed by atoms with Crippen LogP contribution in [0.4, 0.5) is 0 Å². The molecular weight excluding hydrogens is 253 g/mol. The maximum atomic E-state index is 6.05. The van der Waals surface area contributed by atoms with Crippen molar-refractivity contribution in [2.45, 2.75) is 6.54 Å². The first-order chi connectivity index (χ1) is 7.22. The van der Waals surface area contributed by atoms with Gasteiger partial charge in [0.2, 0.25) is 0 Å². The highest BCUT2D eigenvalue weighted by atomic mass is 35.5. The maximum Gasteiger partial charge on any atom is 0.111 e. The topological polar surface area (TPSA) is 51.8 Å². The first-order valence-corrected chi connectivity index (χ1v) is 5.72. The minimum Gasteiger partial charge on any atom is -0.326 e. The molecule has 0 aliphatic rings. The second-order valence-electron chi connectivity index (χ2n) is 2.87. The van der Waals surface area contributed by atoms with E-state index in [4.69, 9.17) is 28.9 Å². The number of nitrogens with zero attached hydrogens (tertiary/aromatic N) is 2. The number of hydrogen-bond acceptors (Lipinski definition) is 4. The molecule has 2 aromatic rings. The minimum atomic E-state index is 0.399. The number of aromatic nitrogens is 2. The molecule has 0 aliphatic carbocycles. The normalized spacial score (nSPS) is 10.6. The van der Waals surface area contributed by atoms with Gasteiger partial charge < -0.3 is 5.73 Å². The summed E-state index contributed by atoms with van der Waals surface area (Å²) in [5.74, 6) is 0. The third-order valence-electron chi connectivity index (χ3n) is 1.92. The number of halogens is 2. The standard InChI is InChI=1S/C9H7Cl2N3S/c10-5-1-2-7(11)6(3-5)9-8(4-12)15-14-13-9/h1-3H,4,12H2. The molecule has 6 heteroatoms. The molecule has 78 valence electrons. The van der Waals surface area contributed by atoms with Gasteiger partial charge in [-0.15, -0.1) is 5.10 Å². The van der Waals surface area contributed by atoms with Gasteiger partial charge >= 0.3 is 0 Å². The summed E-state index contributed by atoms with van der Waals surface area (Å²) in [6.45, 7) is 0.399. The van der Waals surface area contributed by atoms with E-state index in [9.17, 15) is 0 Å². The second-order valence-corrected chi connectivity index (χ2v) is 4.56. The Hall–Kier alpha value is -0.680. The maximum absolute atomic E-state index is 6.05. The van der Waals surface area contributed by atoms with Crippen LogP contribution in [0.2, 0.25) is 10.0 Å². The zero-order chi connectivity index (χ0) is 10.8. The molecule has 0 saturated carbocycles. The van der Waals surface area contributed by atoms with E-state index in [1.165, 1.54) is 11.5 Å². The number of nitrogens with two attached hydrogens (primary N) is 1. The Kier molecular flexibility index (Phi) is 3.21. The molecule has 0 saturated heterocycles. The minimum absolute atomic E-state index is 0.399. The summed E-state index contributed by atoms with van der Waals surface area (Å²) in [6.07, 6.45) is 0. The Balaban J connectivity index is 2.58. The van der Waals surface area contributed by atoms with Crippen molar-refractivity contribution in [3.05, 3.63) is 33.1 Å². The molecule has 1 aromatic carbocycles. The van der Waals surface area contributed by atoms with Crippen molar-refractivity contribution >= 4 is 34.7 Å². The second kappa shape index (κ2) is 4.45. The fourth-order valence-electron chi connectivity index (χ4n) is 1.23. The highest BCUT2D eigenvalue weighted by Gasteiger charge is 2.12. The van der Waals surface area contributed by atoms with E-state index in [0.717, 1.165) is 16.1 Å². The molecule has 3 nitrogen and oxygen atoms in total. The Morgan fingerprint density at radius 2 is 2.13 bits per heavy atom. The molecule has 0 fully saturated rings. The molecule has 15 heavy (non-hydrogen) atoms. The van der Waals surface area contributed by atoms with Crippen molar-refractivity contribution in [1.29, 1.82) is 0 Å². The fourth-order valence-corrected chi connectivity index (χ4v) is 2.14. The third-order valence-corrected chi connectivity index (χ3v) is 3.23. The lowest BCUT2D eigenvalue weighted by Crippen LogP contribution is -1.95. The lowest BCUT2D eigenvalue weighted by Gasteiger charge is -2.02. The zero-order valence-corrected chi connectivity index (χ0v) is 9.90.